The standard InChI is InChI=1S/C20H15N3O/c1-3-14-5-4-6-15(9-14)18-10-17(11-19(23-18)20(21)24)16-8-7-13(2)22-12-16/h1,4-12H,2H3,(H2,21,24). The molecule has 2 heterocycles. The van der Waals surface area contributed by atoms with Gasteiger partial charge < -0.3 is 5.73 Å². The maximum absolute atomic E-state index is 11.7. The normalized spacial score (nSPS) is 10.2. The van der Waals surface area contributed by atoms with Crippen molar-refractivity contribution in [3.05, 3.63) is 71.7 Å². The minimum absolute atomic E-state index is 0.203. The van der Waals surface area contributed by atoms with Crippen LogP contribution >= 0.6 is 0 Å². The molecular formula is C20H15N3O. The molecule has 0 unspecified atom stereocenters. The molecule has 3 rings (SSSR count). The van der Waals surface area contributed by atoms with E-state index in [0.29, 0.717) is 5.69 Å². The molecule has 0 aliphatic heterocycles. The maximum atomic E-state index is 11.7. The summed E-state index contributed by atoms with van der Waals surface area (Å²) in [6.45, 7) is 1.92. The monoisotopic (exact) mass is 313 g/mol. The first-order valence-electron chi connectivity index (χ1n) is 7.39. The second kappa shape index (κ2) is 6.35. The highest BCUT2D eigenvalue weighted by Crippen LogP contribution is 2.26. The van der Waals surface area contributed by atoms with Gasteiger partial charge in [0, 0.05) is 28.6 Å². The summed E-state index contributed by atoms with van der Waals surface area (Å²) in [4.78, 5) is 20.3. The molecule has 0 fully saturated rings. The van der Waals surface area contributed by atoms with E-state index in [-0.39, 0.29) is 5.69 Å². The van der Waals surface area contributed by atoms with E-state index in [0.717, 1.165) is 27.9 Å². The molecule has 0 aliphatic rings. The Balaban J connectivity index is 2.17. The summed E-state index contributed by atoms with van der Waals surface area (Å²) in [6.07, 6.45) is 7.22. The van der Waals surface area contributed by atoms with Gasteiger partial charge in [-0.1, -0.05) is 24.1 Å². The van der Waals surface area contributed by atoms with Crippen molar-refractivity contribution >= 4 is 5.91 Å². The van der Waals surface area contributed by atoms with Crippen LogP contribution in [0.4, 0.5) is 0 Å². The molecule has 1 aromatic carbocycles. The fraction of sp³-hybridized carbons (Fsp3) is 0.0500. The number of carbonyl (C=O) groups is 1. The zero-order chi connectivity index (χ0) is 17.1. The second-order valence-corrected chi connectivity index (χ2v) is 5.40. The van der Waals surface area contributed by atoms with Gasteiger partial charge in [0.1, 0.15) is 5.69 Å². The third kappa shape index (κ3) is 3.16. The summed E-state index contributed by atoms with van der Waals surface area (Å²) in [5.41, 5.74) is 10.5. The first kappa shape index (κ1) is 15.4. The first-order chi connectivity index (χ1) is 11.6. The molecule has 0 aliphatic carbocycles. The highest BCUT2D eigenvalue weighted by Gasteiger charge is 2.11. The Morgan fingerprint density at radius 3 is 2.58 bits per heavy atom. The van der Waals surface area contributed by atoms with Crippen LogP contribution in [0.1, 0.15) is 21.7 Å². The zero-order valence-corrected chi connectivity index (χ0v) is 13.2. The highest BCUT2D eigenvalue weighted by atomic mass is 16.1. The summed E-state index contributed by atoms with van der Waals surface area (Å²) in [6, 6.07) is 14.9. The number of aromatic nitrogens is 2. The van der Waals surface area contributed by atoms with Crippen molar-refractivity contribution in [3.8, 4) is 34.7 Å². The molecule has 2 N–H and O–H groups in total. The van der Waals surface area contributed by atoms with Gasteiger partial charge in [0.05, 0.1) is 5.69 Å². The number of nitrogens with zero attached hydrogens (tertiary/aromatic N) is 2. The van der Waals surface area contributed by atoms with Crippen LogP contribution in [0.25, 0.3) is 22.4 Å². The van der Waals surface area contributed by atoms with Crippen LogP contribution in [0.5, 0.6) is 0 Å². The Morgan fingerprint density at radius 2 is 1.92 bits per heavy atom. The van der Waals surface area contributed by atoms with Crippen LogP contribution in [-0.4, -0.2) is 15.9 Å². The molecule has 0 spiro atoms. The Hall–Kier alpha value is -3.45. The van der Waals surface area contributed by atoms with Crippen LogP contribution in [0, 0.1) is 19.3 Å². The molecule has 0 atom stereocenters. The van der Waals surface area contributed by atoms with Crippen molar-refractivity contribution in [2.45, 2.75) is 6.92 Å². The summed E-state index contributed by atoms with van der Waals surface area (Å²) in [5, 5.41) is 0. The van der Waals surface area contributed by atoms with E-state index in [9.17, 15) is 4.79 Å². The number of nitrogens with two attached hydrogens (primary N) is 1. The van der Waals surface area contributed by atoms with Crippen molar-refractivity contribution in [2.24, 2.45) is 5.73 Å². The molecule has 0 saturated heterocycles. The number of benzene rings is 1. The number of terminal acetylenes is 1. The van der Waals surface area contributed by atoms with E-state index in [1.165, 1.54) is 0 Å². The van der Waals surface area contributed by atoms with Crippen LogP contribution < -0.4 is 5.73 Å². The average Bonchev–Trinajstić information content (AvgIpc) is 2.62. The smallest absolute Gasteiger partial charge is 0.267 e. The Morgan fingerprint density at radius 1 is 1.08 bits per heavy atom. The van der Waals surface area contributed by atoms with Crippen LogP contribution in [0.3, 0.4) is 0 Å². The lowest BCUT2D eigenvalue weighted by Gasteiger charge is -2.08. The van der Waals surface area contributed by atoms with Crippen LogP contribution in [0.2, 0.25) is 0 Å². The van der Waals surface area contributed by atoms with E-state index in [1.807, 2.05) is 49.4 Å². The first-order valence-corrected chi connectivity index (χ1v) is 7.39. The van der Waals surface area contributed by atoms with Gasteiger partial charge in [0.15, 0.2) is 0 Å². The Labute approximate surface area is 140 Å². The predicted molar refractivity (Wildman–Crippen MR) is 94.1 cm³/mol. The van der Waals surface area contributed by atoms with Gasteiger partial charge in [-0.15, -0.1) is 6.42 Å². The van der Waals surface area contributed by atoms with Gasteiger partial charge in [-0.05, 0) is 42.8 Å². The molecule has 4 heteroatoms. The van der Waals surface area contributed by atoms with E-state index in [4.69, 9.17) is 12.2 Å². The van der Waals surface area contributed by atoms with Crippen molar-refractivity contribution in [3.63, 3.8) is 0 Å². The van der Waals surface area contributed by atoms with Gasteiger partial charge in [0.25, 0.3) is 5.91 Å². The summed E-state index contributed by atoms with van der Waals surface area (Å²) >= 11 is 0. The molecule has 2 aromatic heterocycles. The third-order valence-electron chi connectivity index (χ3n) is 3.65. The number of hydrogen-bond donors (Lipinski definition) is 1. The lowest BCUT2D eigenvalue weighted by Crippen LogP contribution is -2.13. The molecule has 4 nitrogen and oxygen atoms in total. The summed E-state index contributed by atoms with van der Waals surface area (Å²) in [7, 11) is 0. The van der Waals surface area contributed by atoms with E-state index in [1.54, 1.807) is 12.3 Å². The fourth-order valence-corrected chi connectivity index (χ4v) is 2.38. The maximum Gasteiger partial charge on any atom is 0.267 e. The molecule has 0 saturated carbocycles. The predicted octanol–water partition coefficient (Wildman–Crippen LogP) is 3.20. The lowest BCUT2D eigenvalue weighted by atomic mass is 10.0. The number of primary amides is 1. The van der Waals surface area contributed by atoms with Gasteiger partial charge >= 0.3 is 0 Å². The van der Waals surface area contributed by atoms with Crippen LogP contribution in [-0.2, 0) is 0 Å². The molecule has 24 heavy (non-hydrogen) atoms. The second-order valence-electron chi connectivity index (χ2n) is 5.40. The van der Waals surface area contributed by atoms with Crippen molar-refractivity contribution in [1.29, 1.82) is 0 Å². The van der Waals surface area contributed by atoms with E-state index < -0.39 is 5.91 Å². The molecule has 116 valence electrons. The van der Waals surface area contributed by atoms with Gasteiger partial charge in [-0.2, -0.15) is 0 Å². The molecular weight excluding hydrogens is 298 g/mol. The number of aryl methyl sites for hydroxylation is 1. The van der Waals surface area contributed by atoms with E-state index >= 15 is 0 Å². The number of rotatable bonds is 3. The molecule has 1 amide bonds. The summed E-state index contributed by atoms with van der Waals surface area (Å²) in [5.74, 6) is 2.02. The van der Waals surface area contributed by atoms with Crippen LogP contribution in [0.15, 0.2) is 54.7 Å². The SMILES string of the molecule is C#Cc1cccc(-c2cc(-c3ccc(C)nc3)cc(C(N)=O)n2)c1. The fourth-order valence-electron chi connectivity index (χ4n) is 2.38. The largest absolute Gasteiger partial charge is 0.364 e. The number of hydrogen-bond acceptors (Lipinski definition) is 3. The molecule has 0 radical (unpaired) electrons. The molecule has 3 aromatic rings. The topological polar surface area (TPSA) is 68.9 Å². The lowest BCUT2D eigenvalue weighted by molar-refractivity contribution is 0.0995. The van der Waals surface area contributed by atoms with Gasteiger partial charge in [-0.25, -0.2) is 4.98 Å². The minimum atomic E-state index is -0.578. The third-order valence-corrected chi connectivity index (χ3v) is 3.65. The Bertz CT molecular complexity index is 953. The highest BCUT2D eigenvalue weighted by molar-refractivity contribution is 5.93. The van der Waals surface area contributed by atoms with E-state index in [2.05, 4.69) is 15.9 Å². The molecule has 0 bridgehead atoms. The quantitative estimate of drug-likeness (QED) is 0.755. The number of carbonyl (C=O) groups excluding carboxylic acids is 1. The minimum Gasteiger partial charge on any atom is -0.364 e. The number of amides is 1. The number of pyridine rings is 2. The Kier molecular flexibility index (Phi) is 4.09. The van der Waals surface area contributed by atoms with Crippen molar-refractivity contribution in [2.75, 3.05) is 0 Å². The van der Waals surface area contributed by atoms with Gasteiger partial charge in [0.2, 0.25) is 0 Å². The van der Waals surface area contributed by atoms with Crippen molar-refractivity contribution < 1.29 is 4.79 Å². The van der Waals surface area contributed by atoms with Crippen molar-refractivity contribution in [1.82, 2.24) is 9.97 Å². The zero-order valence-electron chi connectivity index (χ0n) is 13.2. The summed E-state index contributed by atoms with van der Waals surface area (Å²) < 4.78 is 0. The average molecular weight is 313 g/mol. The van der Waals surface area contributed by atoms with Gasteiger partial charge in [-0.3, -0.25) is 9.78 Å².